The van der Waals surface area contributed by atoms with Gasteiger partial charge in [-0.15, -0.1) is 11.8 Å². The lowest BCUT2D eigenvalue weighted by Crippen LogP contribution is -2.22. The topological polar surface area (TPSA) is 29.1 Å². The van der Waals surface area contributed by atoms with E-state index in [0.717, 1.165) is 17.0 Å². The Balaban J connectivity index is 1.89. The molecule has 0 spiro atoms. The Morgan fingerprint density at radius 3 is 2.62 bits per heavy atom. The van der Waals surface area contributed by atoms with Gasteiger partial charge in [-0.1, -0.05) is 48.0 Å². The number of carbonyl (C=O) groups is 1. The third-order valence-corrected chi connectivity index (χ3v) is 4.77. The summed E-state index contributed by atoms with van der Waals surface area (Å²) in [5, 5.41) is 3.45. The van der Waals surface area contributed by atoms with Gasteiger partial charge in [0, 0.05) is 16.5 Å². The average molecular weight is 320 g/mol. The van der Waals surface area contributed by atoms with E-state index in [4.69, 9.17) is 11.6 Å². The summed E-state index contributed by atoms with van der Waals surface area (Å²) in [6, 6.07) is 15.7. The highest BCUT2D eigenvalue weighted by Crippen LogP contribution is 2.22. The molecule has 0 radical (unpaired) electrons. The maximum atomic E-state index is 12.2. The highest BCUT2D eigenvalue weighted by atomic mass is 35.5. The van der Waals surface area contributed by atoms with Crippen LogP contribution in [0, 0.1) is 6.92 Å². The second kappa shape index (κ2) is 7.53. The van der Waals surface area contributed by atoms with Gasteiger partial charge in [0.25, 0.3) is 0 Å². The van der Waals surface area contributed by atoms with E-state index < -0.39 is 0 Å². The van der Waals surface area contributed by atoms with Crippen LogP contribution in [0.5, 0.6) is 0 Å². The molecule has 0 aliphatic rings. The molecule has 0 unspecified atom stereocenters. The van der Waals surface area contributed by atoms with E-state index >= 15 is 0 Å². The fourth-order valence-corrected chi connectivity index (χ4v) is 2.81. The molecule has 0 fully saturated rings. The number of anilines is 1. The molecule has 0 saturated heterocycles. The van der Waals surface area contributed by atoms with Crippen molar-refractivity contribution in [3.63, 3.8) is 0 Å². The summed E-state index contributed by atoms with van der Waals surface area (Å²) in [4.78, 5) is 12.2. The summed E-state index contributed by atoms with van der Waals surface area (Å²) >= 11 is 7.68. The highest BCUT2D eigenvalue weighted by Gasteiger charge is 2.14. The molecule has 0 aromatic heterocycles. The fraction of sp³-hybridized carbons (Fsp3) is 0.235. The van der Waals surface area contributed by atoms with Gasteiger partial charge in [-0.25, -0.2) is 0 Å². The lowest BCUT2D eigenvalue weighted by atomic mass is 10.2. The molecule has 2 nitrogen and oxygen atoms in total. The first kappa shape index (κ1) is 15.9. The quantitative estimate of drug-likeness (QED) is 0.848. The Labute approximate surface area is 134 Å². The molecule has 0 saturated carbocycles. The minimum absolute atomic E-state index is 0.00384. The smallest absolute Gasteiger partial charge is 0.237 e. The number of halogens is 1. The third-order valence-electron chi connectivity index (χ3n) is 3.15. The van der Waals surface area contributed by atoms with Crippen LogP contribution in [0.15, 0.2) is 48.5 Å². The largest absolute Gasteiger partial charge is 0.325 e. The van der Waals surface area contributed by atoms with E-state index in [1.165, 1.54) is 5.56 Å². The molecular weight excluding hydrogens is 302 g/mol. The van der Waals surface area contributed by atoms with Gasteiger partial charge in [0.2, 0.25) is 5.91 Å². The molecule has 2 aromatic rings. The van der Waals surface area contributed by atoms with Gasteiger partial charge in [-0.05, 0) is 37.1 Å². The normalized spacial score (nSPS) is 12.0. The number of benzene rings is 2. The van der Waals surface area contributed by atoms with Crippen LogP contribution in [0.4, 0.5) is 5.69 Å². The third kappa shape index (κ3) is 4.80. The number of thioether (sulfide) groups is 1. The number of rotatable bonds is 5. The molecule has 1 N–H and O–H groups in total. The molecule has 110 valence electrons. The van der Waals surface area contributed by atoms with Crippen molar-refractivity contribution in [2.75, 3.05) is 5.32 Å². The predicted octanol–water partition coefficient (Wildman–Crippen LogP) is 4.91. The molecule has 4 heteroatoms. The van der Waals surface area contributed by atoms with Crippen LogP contribution in [0.3, 0.4) is 0 Å². The van der Waals surface area contributed by atoms with Gasteiger partial charge < -0.3 is 5.32 Å². The van der Waals surface area contributed by atoms with Crippen molar-refractivity contribution < 1.29 is 4.79 Å². The number of hydrogen-bond donors (Lipinski definition) is 1. The van der Waals surface area contributed by atoms with Crippen LogP contribution >= 0.6 is 23.4 Å². The summed E-state index contributed by atoms with van der Waals surface area (Å²) in [5.74, 6) is 0.820. The van der Waals surface area contributed by atoms with E-state index in [0.29, 0.717) is 5.02 Å². The lowest BCUT2D eigenvalue weighted by Gasteiger charge is -2.12. The van der Waals surface area contributed by atoms with E-state index in [1.807, 2.05) is 44.2 Å². The number of amides is 1. The Morgan fingerprint density at radius 1 is 1.24 bits per heavy atom. The number of nitrogens with one attached hydrogen (secondary N) is 1. The van der Waals surface area contributed by atoms with Crippen LogP contribution in [-0.4, -0.2) is 11.2 Å². The Morgan fingerprint density at radius 2 is 1.95 bits per heavy atom. The van der Waals surface area contributed by atoms with Crippen molar-refractivity contribution in [3.05, 3.63) is 64.7 Å². The summed E-state index contributed by atoms with van der Waals surface area (Å²) in [6.07, 6.45) is 0. The summed E-state index contributed by atoms with van der Waals surface area (Å²) in [6.45, 7) is 3.85. The second-order valence-electron chi connectivity index (χ2n) is 4.89. The maximum Gasteiger partial charge on any atom is 0.237 e. The van der Waals surface area contributed by atoms with Crippen molar-refractivity contribution in [2.45, 2.75) is 24.9 Å². The SMILES string of the molecule is Cc1ccc(NC(=O)[C@@H](C)SCc2ccccc2)cc1Cl. The molecule has 1 atom stereocenters. The molecule has 21 heavy (non-hydrogen) atoms. The lowest BCUT2D eigenvalue weighted by molar-refractivity contribution is -0.115. The molecule has 2 rings (SSSR count). The number of carbonyl (C=O) groups excluding carboxylic acids is 1. The van der Waals surface area contributed by atoms with Crippen LogP contribution in [0.25, 0.3) is 0 Å². The van der Waals surface area contributed by atoms with Gasteiger partial charge >= 0.3 is 0 Å². The van der Waals surface area contributed by atoms with Crippen LogP contribution < -0.4 is 5.32 Å². The number of aryl methyl sites for hydroxylation is 1. The van der Waals surface area contributed by atoms with Gasteiger partial charge in [0.05, 0.1) is 5.25 Å². The molecule has 0 heterocycles. The zero-order chi connectivity index (χ0) is 15.2. The van der Waals surface area contributed by atoms with Crippen LogP contribution in [-0.2, 0) is 10.5 Å². The molecule has 2 aromatic carbocycles. The van der Waals surface area contributed by atoms with Crippen LogP contribution in [0.1, 0.15) is 18.1 Å². The van der Waals surface area contributed by atoms with Crippen molar-refractivity contribution in [3.8, 4) is 0 Å². The zero-order valence-electron chi connectivity index (χ0n) is 12.1. The molecular formula is C17H18ClNOS. The number of hydrogen-bond acceptors (Lipinski definition) is 2. The predicted molar refractivity (Wildman–Crippen MR) is 92.0 cm³/mol. The van der Waals surface area contributed by atoms with E-state index in [2.05, 4.69) is 17.4 Å². The Bertz CT molecular complexity index is 615. The van der Waals surface area contributed by atoms with Crippen molar-refractivity contribution in [1.29, 1.82) is 0 Å². The van der Waals surface area contributed by atoms with E-state index in [9.17, 15) is 4.79 Å². The maximum absolute atomic E-state index is 12.2. The molecule has 0 bridgehead atoms. The van der Waals surface area contributed by atoms with E-state index in [-0.39, 0.29) is 11.2 Å². The minimum Gasteiger partial charge on any atom is -0.325 e. The molecule has 1 amide bonds. The van der Waals surface area contributed by atoms with Crippen molar-refractivity contribution in [2.24, 2.45) is 0 Å². The first-order chi connectivity index (χ1) is 10.1. The van der Waals surface area contributed by atoms with E-state index in [1.54, 1.807) is 17.8 Å². The molecule has 0 aliphatic carbocycles. The fourth-order valence-electron chi connectivity index (χ4n) is 1.79. The van der Waals surface area contributed by atoms with Crippen molar-refractivity contribution in [1.82, 2.24) is 0 Å². The average Bonchev–Trinajstić information content (AvgIpc) is 2.49. The zero-order valence-corrected chi connectivity index (χ0v) is 13.7. The summed E-state index contributed by atoms with van der Waals surface area (Å²) in [5.41, 5.74) is 2.96. The highest BCUT2D eigenvalue weighted by molar-refractivity contribution is 7.99. The van der Waals surface area contributed by atoms with Gasteiger partial charge in [0.15, 0.2) is 0 Å². The van der Waals surface area contributed by atoms with Gasteiger partial charge in [-0.3, -0.25) is 4.79 Å². The second-order valence-corrected chi connectivity index (χ2v) is 6.63. The first-order valence-corrected chi connectivity index (χ1v) is 8.21. The standard InChI is InChI=1S/C17H18ClNOS/c1-12-8-9-15(10-16(12)18)19-17(20)13(2)21-11-14-6-4-3-5-7-14/h3-10,13H,11H2,1-2H3,(H,19,20)/t13-/m1/s1. The summed E-state index contributed by atoms with van der Waals surface area (Å²) in [7, 11) is 0. The van der Waals surface area contributed by atoms with Gasteiger partial charge in [-0.2, -0.15) is 0 Å². The first-order valence-electron chi connectivity index (χ1n) is 6.79. The Hall–Kier alpha value is -1.45. The minimum atomic E-state index is -0.120. The van der Waals surface area contributed by atoms with Crippen molar-refractivity contribution >= 4 is 35.0 Å². The van der Waals surface area contributed by atoms with Crippen LogP contribution in [0.2, 0.25) is 5.02 Å². The molecule has 0 aliphatic heterocycles. The Kier molecular flexibility index (Phi) is 5.71. The van der Waals surface area contributed by atoms with Gasteiger partial charge in [0.1, 0.15) is 0 Å². The monoisotopic (exact) mass is 319 g/mol. The summed E-state index contributed by atoms with van der Waals surface area (Å²) < 4.78 is 0.